The minimum atomic E-state index is 0.289. The normalized spacial score (nSPS) is 25.5. The Morgan fingerprint density at radius 3 is 2.30 bits per heavy atom. The summed E-state index contributed by atoms with van der Waals surface area (Å²) in [5.41, 5.74) is 0.300. The van der Waals surface area contributed by atoms with E-state index in [1.165, 1.54) is 0 Å². The molecule has 1 rings (SSSR count). The van der Waals surface area contributed by atoms with E-state index in [0.717, 1.165) is 19.6 Å². The lowest BCUT2D eigenvalue weighted by Crippen LogP contribution is -2.48. The van der Waals surface area contributed by atoms with Gasteiger partial charge in [-0.2, -0.15) is 0 Å². The first-order valence-corrected chi connectivity index (χ1v) is 3.94. The molecule has 60 valence electrons. The van der Waals surface area contributed by atoms with Crippen LogP contribution in [0.15, 0.2) is 0 Å². The topological polar surface area (TPSA) is 29.5 Å². The Labute approximate surface area is 62.2 Å². The average molecular weight is 144 g/mol. The van der Waals surface area contributed by atoms with Crippen LogP contribution in [0, 0.1) is 11.3 Å². The first kappa shape index (κ1) is 8.02. The summed E-state index contributed by atoms with van der Waals surface area (Å²) in [5.74, 6) is 0.395. The molecule has 0 unspecified atom stereocenters. The van der Waals surface area contributed by atoms with E-state index in [9.17, 15) is 0 Å². The maximum atomic E-state index is 8.91. The molecule has 2 nitrogen and oxygen atoms in total. The summed E-state index contributed by atoms with van der Waals surface area (Å²) >= 11 is 0. The van der Waals surface area contributed by atoms with Crippen LogP contribution in [0.25, 0.3) is 0 Å². The molecule has 1 aliphatic rings. The number of aliphatic hydroxyl groups excluding tert-OH is 1. The molecule has 1 N–H and O–H groups in total. The molecule has 10 heavy (non-hydrogen) atoms. The number of rotatable bonds is 3. The quantitative estimate of drug-likeness (QED) is 0.641. The lowest BCUT2D eigenvalue weighted by Gasteiger charge is -2.45. The standard InChI is InChI=1S/C8H16O2/c1-3-8(5-10-6-8)7(2)4-9/h7,9H,3-6H2,1-2H3/t7-/m0/s1. The van der Waals surface area contributed by atoms with Gasteiger partial charge in [0, 0.05) is 12.0 Å². The number of hydrogen-bond donors (Lipinski definition) is 1. The minimum Gasteiger partial charge on any atom is -0.396 e. The van der Waals surface area contributed by atoms with Crippen molar-refractivity contribution in [2.24, 2.45) is 11.3 Å². The number of ether oxygens (including phenoxy) is 1. The second kappa shape index (κ2) is 2.89. The summed E-state index contributed by atoms with van der Waals surface area (Å²) in [7, 11) is 0. The first-order chi connectivity index (χ1) is 4.75. The maximum absolute atomic E-state index is 8.91. The van der Waals surface area contributed by atoms with Crippen molar-refractivity contribution < 1.29 is 9.84 Å². The first-order valence-electron chi connectivity index (χ1n) is 3.94. The SMILES string of the molecule is CCC1([C@@H](C)CO)COC1. The lowest BCUT2D eigenvalue weighted by atomic mass is 9.73. The summed E-state index contributed by atoms with van der Waals surface area (Å²) < 4.78 is 5.14. The minimum absolute atomic E-state index is 0.289. The van der Waals surface area contributed by atoms with Crippen molar-refractivity contribution in [1.29, 1.82) is 0 Å². The van der Waals surface area contributed by atoms with Crippen LogP contribution in [-0.2, 0) is 4.74 Å². The molecule has 0 amide bonds. The molecule has 0 aromatic heterocycles. The van der Waals surface area contributed by atoms with Crippen LogP contribution < -0.4 is 0 Å². The van der Waals surface area contributed by atoms with Crippen molar-refractivity contribution in [1.82, 2.24) is 0 Å². The largest absolute Gasteiger partial charge is 0.396 e. The van der Waals surface area contributed by atoms with Crippen LogP contribution in [0.1, 0.15) is 20.3 Å². The van der Waals surface area contributed by atoms with E-state index in [1.807, 2.05) is 0 Å². The highest BCUT2D eigenvalue weighted by Gasteiger charge is 2.41. The van der Waals surface area contributed by atoms with Gasteiger partial charge in [0.25, 0.3) is 0 Å². The number of aliphatic hydroxyl groups is 1. The van der Waals surface area contributed by atoms with Crippen LogP contribution in [0.4, 0.5) is 0 Å². The van der Waals surface area contributed by atoms with Gasteiger partial charge in [0.05, 0.1) is 13.2 Å². The fraction of sp³-hybridized carbons (Fsp3) is 1.00. The Kier molecular flexibility index (Phi) is 2.32. The fourth-order valence-electron chi connectivity index (χ4n) is 1.40. The van der Waals surface area contributed by atoms with Crippen LogP contribution in [0.3, 0.4) is 0 Å². The van der Waals surface area contributed by atoms with Crippen molar-refractivity contribution in [3.05, 3.63) is 0 Å². The zero-order chi connectivity index (χ0) is 7.61. The zero-order valence-corrected chi connectivity index (χ0v) is 6.76. The Morgan fingerprint density at radius 1 is 1.60 bits per heavy atom. The van der Waals surface area contributed by atoms with Crippen LogP contribution in [0.2, 0.25) is 0 Å². The van der Waals surface area contributed by atoms with Gasteiger partial charge >= 0.3 is 0 Å². The van der Waals surface area contributed by atoms with E-state index in [0.29, 0.717) is 11.3 Å². The van der Waals surface area contributed by atoms with Crippen molar-refractivity contribution in [3.63, 3.8) is 0 Å². The van der Waals surface area contributed by atoms with Crippen molar-refractivity contribution in [2.45, 2.75) is 20.3 Å². The van der Waals surface area contributed by atoms with Gasteiger partial charge in [-0.1, -0.05) is 13.8 Å². The summed E-state index contributed by atoms with van der Waals surface area (Å²) in [5, 5.41) is 8.91. The van der Waals surface area contributed by atoms with Gasteiger partial charge in [-0.15, -0.1) is 0 Å². The zero-order valence-electron chi connectivity index (χ0n) is 6.76. The van der Waals surface area contributed by atoms with Crippen molar-refractivity contribution in [2.75, 3.05) is 19.8 Å². The predicted molar refractivity (Wildman–Crippen MR) is 39.8 cm³/mol. The van der Waals surface area contributed by atoms with Gasteiger partial charge in [0.1, 0.15) is 0 Å². The molecule has 2 heteroatoms. The van der Waals surface area contributed by atoms with Gasteiger partial charge in [-0.3, -0.25) is 0 Å². The Bertz CT molecular complexity index is 102. The van der Waals surface area contributed by atoms with Gasteiger partial charge in [-0.05, 0) is 12.3 Å². The molecule has 0 bridgehead atoms. The molecule has 1 fully saturated rings. The molecule has 0 aromatic carbocycles. The Hall–Kier alpha value is -0.0800. The molecule has 0 aromatic rings. The third-order valence-electron chi connectivity index (χ3n) is 2.80. The highest BCUT2D eigenvalue weighted by Crippen LogP contribution is 2.38. The van der Waals surface area contributed by atoms with Gasteiger partial charge in [0.15, 0.2) is 0 Å². The predicted octanol–water partition coefficient (Wildman–Crippen LogP) is 1.04. The Balaban J connectivity index is 2.46. The molecule has 0 aliphatic carbocycles. The summed E-state index contributed by atoms with van der Waals surface area (Å²) in [6.07, 6.45) is 1.12. The molecule has 0 radical (unpaired) electrons. The third-order valence-corrected chi connectivity index (χ3v) is 2.80. The average Bonchev–Trinajstić information content (AvgIpc) is 1.86. The van der Waals surface area contributed by atoms with Crippen molar-refractivity contribution >= 4 is 0 Å². The fourth-order valence-corrected chi connectivity index (χ4v) is 1.40. The van der Waals surface area contributed by atoms with Gasteiger partial charge in [0.2, 0.25) is 0 Å². The monoisotopic (exact) mass is 144 g/mol. The number of hydrogen-bond acceptors (Lipinski definition) is 2. The third kappa shape index (κ3) is 1.06. The molecule has 1 heterocycles. The summed E-state index contributed by atoms with van der Waals surface area (Å²) in [6.45, 7) is 6.22. The highest BCUT2D eigenvalue weighted by atomic mass is 16.5. The van der Waals surface area contributed by atoms with E-state index in [4.69, 9.17) is 9.84 Å². The van der Waals surface area contributed by atoms with Gasteiger partial charge in [-0.25, -0.2) is 0 Å². The van der Waals surface area contributed by atoms with Gasteiger partial charge < -0.3 is 9.84 Å². The Morgan fingerprint density at radius 2 is 2.20 bits per heavy atom. The van der Waals surface area contributed by atoms with E-state index in [2.05, 4.69) is 13.8 Å². The molecule has 1 saturated heterocycles. The van der Waals surface area contributed by atoms with E-state index < -0.39 is 0 Å². The molecule has 0 saturated carbocycles. The van der Waals surface area contributed by atoms with E-state index in [-0.39, 0.29) is 6.61 Å². The molecule has 1 aliphatic heterocycles. The second-order valence-electron chi connectivity index (χ2n) is 3.29. The maximum Gasteiger partial charge on any atom is 0.0548 e. The lowest BCUT2D eigenvalue weighted by molar-refractivity contribution is -0.151. The second-order valence-corrected chi connectivity index (χ2v) is 3.29. The molecular formula is C8H16O2. The highest BCUT2D eigenvalue weighted by molar-refractivity contribution is 4.88. The van der Waals surface area contributed by atoms with Crippen LogP contribution >= 0.6 is 0 Å². The van der Waals surface area contributed by atoms with Crippen molar-refractivity contribution in [3.8, 4) is 0 Å². The molecule has 1 atom stereocenters. The van der Waals surface area contributed by atoms with E-state index in [1.54, 1.807) is 0 Å². The van der Waals surface area contributed by atoms with Crippen LogP contribution in [0.5, 0.6) is 0 Å². The smallest absolute Gasteiger partial charge is 0.0548 e. The van der Waals surface area contributed by atoms with E-state index >= 15 is 0 Å². The summed E-state index contributed by atoms with van der Waals surface area (Å²) in [4.78, 5) is 0. The summed E-state index contributed by atoms with van der Waals surface area (Å²) in [6, 6.07) is 0. The molecule has 0 spiro atoms. The van der Waals surface area contributed by atoms with Crippen LogP contribution in [-0.4, -0.2) is 24.9 Å². The molecular weight excluding hydrogens is 128 g/mol.